The fraction of sp³-hybridized carbons (Fsp3) is 0.188. The second-order valence-electron chi connectivity index (χ2n) is 8.88. The molecule has 4 aromatic carbocycles. The molecule has 4 aromatic rings. The van der Waals surface area contributed by atoms with E-state index in [9.17, 15) is 17.6 Å². The Morgan fingerprint density at radius 1 is 0.622 bits per heavy atom. The quantitative estimate of drug-likeness (QED) is 0.125. The third-order valence-electron chi connectivity index (χ3n) is 6.39. The molecular weight excluding hydrogens is 476 g/mol. The number of hydrogen-bond donors (Lipinski definition) is 0. The molecule has 4 rings (SSSR count). The van der Waals surface area contributed by atoms with Gasteiger partial charge in [-0.1, -0.05) is 92.6 Å². The lowest BCUT2D eigenvalue weighted by atomic mass is 9.99. The van der Waals surface area contributed by atoms with Crippen LogP contribution in [0, 0.1) is 23.3 Å². The second kappa shape index (κ2) is 11.9. The van der Waals surface area contributed by atoms with Gasteiger partial charge in [-0.25, -0.2) is 13.2 Å². The summed E-state index contributed by atoms with van der Waals surface area (Å²) in [7, 11) is 1.27. The van der Waals surface area contributed by atoms with Gasteiger partial charge in [-0.15, -0.1) is 0 Å². The van der Waals surface area contributed by atoms with Gasteiger partial charge in [-0.05, 0) is 47.2 Å². The van der Waals surface area contributed by atoms with Crippen molar-refractivity contribution in [1.29, 1.82) is 0 Å². The van der Waals surface area contributed by atoms with Crippen molar-refractivity contribution >= 4 is 12.2 Å². The largest absolute Gasteiger partial charge is 0.494 e. The Morgan fingerprint density at radius 3 is 1.84 bits per heavy atom. The van der Waals surface area contributed by atoms with Crippen molar-refractivity contribution in [3.05, 3.63) is 113 Å². The van der Waals surface area contributed by atoms with Crippen molar-refractivity contribution in [3.8, 4) is 28.0 Å². The summed E-state index contributed by atoms with van der Waals surface area (Å²) in [4.78, 5) is 0. The zero-order valence-corrected chi connectivity index (χ0v) is 20.8. The predicted octanol–water partition coefficient (Wildman–Crippen LogP) is 9.49. The number of halogens is 4. The summed E-state index contributed by atoms with van der Waals surface area (Å²) >= 11 is 0. The average molecular weight is 505 g/mol. The summed E-state index contributed by atoms with van der Waals surface area (Å²) in [6, 6.07) is 20.2. The summed E-state index contributed by atoms with van der Waals surface area (Å²) in [5.41, 5.74) is 3.42. The molecule has 37 heavy (non-hydrogen) atoms. The molecule has 0 aliphatic rings. The van der Waals surface area contributed by atoms with Crippen molar-refractivity contribution in [1.82, 2.24) is 0 Å². The molecule has 5 heteroatoms. The fourth-order valence-corrected chi connectivity index (χ4v) is 4.22. The van der Waals surface area contributed by atoms with Crippen molar-refractivity contribution in [2.24, 2.45) is 0 Å². The van der Waals surface area contributed by atoms with E-state index in [2.05, 4.69) is 6.92 Å². The van der Waals surface area contributed by atoms with Crippen LogP contribution in [0.15, 0.2) is 72.8 Å². The molecule has 0 unspecified atom stereocenters. The number of aryl methyl sites for hydroxylation is 1. The van der Waals surface area contributed by atoms with Crippen LogP contribution in [0.1, 0.15) is 42.9 Å². The van der Waals surface area contributed by atoms with E-state index in [0.717, 1.165) is 19.3 Å². The monoisotopic (exact) mass is 504 g/mol. The molecule has 0 atom stereocenters. The van der Waals surface area contributed by atoms with Gasteiger partial charge in [-0.2, -0.15) is 4.39 Å². The van der Waals surface area contributed by atoms with Gasteiger partial charge in [0.1, 0.15) is 0 Å². The van der Waals surface area contributed by atoms with Crippen molar-refractivity contribution in [3.63, 3.8) is 0 Å². The van der Waals surface area contributed by atoms with E-state index in [4.69, 9.17) is 4.74 Å². The van der Waals surface area contributed by atoms with E-state index in [1.54, 1.807) is 42.5 Å². The molecule has 0 spiro atoms. The lowest BCUT2D eigenvalue weighted by molar-refractivity contribution is 0.372. The minimum absolute atomic E-state index is 0.103. The van der Waals surface area contributed by atoms with Gasteiger partial charge >= 0.3 is 0 Å². The van der Waals surface area contributed by atoms with E-state index in [-0.39, 0.29) is 22.4 Å². The molecule has 0 radical (unpaired) electrons. The zero-order chi connectivity index (χ0) is 26.4. The number of rotatable bonds is 9. The first-order valence-corrected chi connectivity index (χ1v) is 12.3. The van der Waals surface area contributed by atoms with Gasteiger partial charge in [0.15, 0.2) is 23.2 Å². The molecule has 0 amide bonds. The van der Waals surface area contributed by atoms with Gasteiger partial charge in [0, 0.05) is 16.7 Å². The van der Waals surface area contributed by atoms with Crippen LogP contribution in [0.3, 0.4) is 0 Å². The number of methoxy groups -OCH3 is 1. The number of unbranched alkanes of at least 4 members (excludes halogenated alkanes) is 2. The lowest BCUT2D eigenvalue weighted by Gasteiger charge is -2.09. The average Bonchev–Trinajstić information content (AvgIpc) is 2.92. The van der Waals surface area contributed by atoms with E-state index in [1.807, 2.05) is 24.3 Å². The van der Waals surface area contributed by atoms with Crippen LogP contribution in [-0.2, 0) is 6.42 Å². The highest BCUT2D eigenvalue weighted by Crippen LogP contribution is 2.31. The SMILES string of the molecule is CCCCCc1ccc(-c2ccc(/C=C/c3ccc(-c4ccc(OC)c(F)c4F)cc3)c(F)c2F)cc1. The molecule has 0 aliphatic carbocycles. The molecule has 0 aliphatic heterocycles. The molecule has 0 N–H and O–H groups in total. The molecule has 0 fully saturated rings. The Balaban J connectivity index is 1.50. The lowest BCUT2D eigenvalue weighted by Crippen LogP contribution is -1.95. The highest BCUT2D eigenvalue weighted by Gasteiger charge is 2.16. The highest BCUT2D eigenvalue weighted by molar-refractivity contribution is 5.74. The zero-order valence-electron chi connectivity index (χ0n) is 20.8. The molecule has 0 bridgehead atoms. The first kappa shape index (κ1) is 26.2. The van der Waals surface area contributed by atoms with Crippen LogP contribution in [0.25, 0.3) is 34.4 Å². The molecule has 190 valence electrons. The Hall–Kier alpha value is -3.86. The van der Waals surface area contributed by atoms with Crippen molar-refractivity contribution < 1.29 is 22.3 Å². The highest BCUT2D eigenvalue weighted by atomic mass is 19.2. The van der Waals surface area contributed by atoms with Crippen LogP contribution in [0.5, 0.6) is 5.75 Å². The first-order chi connectivity index (χ1) is 17.9. The van der Waals surface area contributed by atoms with Gasteiger partial charge < -0.3 is 4.74 Å². The fourth-order valence-electron chi connectivity index (χ4n) is 4.22. The number of hydrogen-bond acceptors (Lipinski definition) is 1. The van der Waals surface area contributed by atoms with E-state index >= 15 is 0 Å². The van der Waals surface area contributed by atoms with E-state index in [1.165, 1.54) is 37.3 Å². The molecule has 0 saturated heterocycles. The topological polar surface area (TPSA) is 9.23 Å². The van der Waals surface area contributed by atoms with Crippen LogP contribution >= 0.6 is 0 Å². The third kappa shape index (κ3) is 5.93. The van der Waals surface area contributed by atoms with Crippen LogP contribution < -0.4 is 4.74 Å². The van der Waals surface area contributed by atoms with Crippen molar-refractivity contribution in [2.45, 2.75) is 32.6 Å². The molecular formula is C32H28F4O. The second-order valence-corrected chi connectivity index (χ2v) is 8.88. The number of ether oxygens (including phenoxy) is 1. The normalized spacial score (nSPS) is 11.3. The Morgan fingerprint density at radius 2 is 1.22 bits per heavy atom. The van der Waals surface area contributed by atoms with Crippen LogP contribution in [0.4, 0.5) is 17.6 Å². The Labute approximate surface area is 215 Å². The third-order valence-corrected chi connectivity index (χ3v) is 6.39. The maximum absolute atomic E-state index is 14.9. The first-order valence-electron chi connectivity index (χ1n) is 12.3. The molecule has 0 heterocycles. The molecule has 0 aromatic heterocycles. The maximum atomic E-state index is 14.9. The molecule has 1 nitrogen and oxygen atoms in total. The van der Waals surface area contributed by atoms with Crippen LogP contribution in [-0.4, -0.2) is 7.11 Å². The van der Waals surface area contributed by atoms with Crippen molar-refractivity contribution in [2.75, 3.05) is 7.11 Å². The van der Waals surface area contributed by atoms with Gasteiger partial charge in [0.25, 0.3) is 0 Å². The predicted molar refractivity (Wildman–Crippen MR) is 142 cm³/mol. The number of benzene rings is 4. The smallest absolute Gasteiger partial charge is 0.201 e. The van der Waals surface area contributed by atoms with Crippen LogP contribution in [0.2, 0.25) is 0 Å². The summed E-state index contributed by atoms with van der Waals surface area (Å²) in [5, 5.41) is 0. The summed E-state index contributed by atoms with van der Waals surface area (Å²) in [6.45, 7) is 2.16. The van der Waals surface area contributed by atoms with Gasteiger partial charge in [0.2, 0.25) is 5.82 Å². The maximum Gasteiger partial charge on any atom is 0.201 e. The van der Waals surface area contributed by atoms with E-state index in [0.29, 0.717) is 16.7 Å². The Bertz CT molecular complexity index is 1390. The van der Waals surface area contributed by atoms with E-state index < -0.39 is 23.3 Å². The molecule has 0 saturated carbocycles. The summed E-state index contributed by atoms with van der Waals surface area (Å²) in [5.74, 6) is -4.03. The standard InChI is InChI=1S/C32H28F4O/c1-3-4-5-6-21-7-12-23(13-8-21)26-18-17-25(29(33)30(26)34)16-11-22-9-14-24(15-10-22)27-19-20-28(37-2)32(36)31(27)35/h7-20H,3-6H2,1-2H3/b16-11+. The van der Waals surface area contributed by atoms with Gasteiger partial charge in [0.05, 0.1) is 7.11 Å². The Kier molecular flexibility index (Phi) is 8.44. The summed E-state index contributed by atoms with van der Waals surface area (Å²) in [6.07, 6.45) is 7.53. The minimum Gasteiger partial charge on any atom is -0.494 e. The minimum atomic E-state index is -1.05. The van der Waals surface area contributed by atoms with Gasteiger partial charge in [-0.3, -0.25) is 0 Å². The summed E-state index contributed by atoms with van der Waals surface area (Å²) < 4.78 is 63.0.